The Kier molecular flexibility index (Phi) is 3.95. The fraction of sp³-hybridized carbons (Fsp3) is 0.542. The number of fused-ring (bicyclic) bond motifs is 3. The molecular formula is C24H26O3S. The van der Waals surface area contributed by atoms with E-state index >= 15 is 0 Å². The lowest BCUT2D eigenvalue weighted by Gasteiger charge is -2.38. The molecule has 146 valence electrons. The summed E-state index contributed by atoms with van der Waals surface area (Å²) < 4.78 is 12.9. The van der Waals surface area contributed by atoms with Crippen molar-refractivity contribution in [1.29, 1.82) is 0 Å². The van der Waals surface area contributed by atoms with E-state index in [4.69, 9.17) is 9.47 Å². The molecule has 0 bridgehead atoms. The number of allylic oxidation sites excluding steroid dienone is 3. The highest BCUT2D eigenvalue weighted by Crippen LogP contribution is 2.63. The Morgan fingerprint density at radius 3 is 2.71 bits per heavy atom. The van der Waals surface area contributed by atoms with Crippen LogP contribution in [0.4, 0.5) is 0 Å². The van der Waals surface area contributed by atoms with Gasteiger partial charge in [-0.3, -0.25) is 4.79 Å². The van der Waals surface area contributed by atoms with Gasteiger partial charge < -0.3 is 9.47 Å². The molecule has 2 saturated heterocycles. The van der Waals surface area contributed by atoms with E-state index in [1.54, 1.807) is 11.8 Å². The van der Waals surface area contributed by atoms with E-state index in [0.717, 1.165) is 19.3 Å². The van der Waals surface area contributed by atoms with Crippen molar-refractivity contribution in [3.8, 4) is 0 Å². The third-order valence-corrected chi connectivity index (χ3v) is 8.44. The standard InChI is InChI=1S/C24H26O3S/c1-28-17-6-2-14(3-7-17)23-22-18-9-5-16(25)12-15(18)4-8-19(22)20-10-11-21-24(20,27-21)13-26-23/h2-3,6-7,12,19-21,23H,4-5,8-11,13H2,1H3/t19?,20?,21-,23+,24+/m0/s1. The first-order valence-electron chi connectivity index (χ1n) is 10.6. The average Bonchev–Trinajstić information content (AvgIpc) is 3.36. The smallest absolute Gasteiger partial charge is 0.156 e. The van der Waals surface area contributed by atoms with Gasteiger partial charge in [0.15, 0.2) is 5.78 Å². The molecule has 1 spiro atoms. The van der Waals surface area contributed by atoms with Crippen LogP contribution >= 0.6 is 11.8 Å². The lowest BCUT2D eigenvalue weighted by atomic mass is 9.67. The predicted octanol–water partition coefficient (Wildman–Crippen LogP) is 5.02. The summed E-state index contributed by atoms with van der Waals surface area (Å²) in [5, 5.41) is 0. The molecule has 6 rings (SSSR count). The monoisotopic (exact) mass is 394 g/mol. The number of epoxide rings is 1. The fourth-order valence-electron chi connectivity index (χ4n) is 6.35. The zero-order valence-corrected chi connectivity index (χ0v) is 17.1. The molecule has 2 aliphatic heterocycles. The van der Waals surface area contributed by atoms with Gasteiger partial charge in [-0.15, -0.1) is 11.8 Å². The molecule has 1 aromatic carbocycles. The van der Waals surface area contributed by atoms with Crippen molar-refractivity contribution < 1.29 is 14.3 Å². The first-order valence-corrected chi connectivity index (χ1v) is 11.8. The Morgan fingerprint density at radius 1 is 1.07 bits per heavy atom. The number of hydrogen-bond acceptors (Lipinski definition) is 4. The summed E-state index contributed by atoms with van der Waals surface area (Å²) in [6, 6.07) is 8.87. The highest BCUT2D eigenvalue weighted by Gasteiger charge is 2.68. The first kappa shape index (κ1) is 17.5. The van der Waals surface area contributed by atoms with Crippen LogP contribution in [0.2, 0.25) is 0 Å². The summed E-state index contributed by atoms with van der Waals surface area (Å²) in [6.07, 6.45) is 10.6. The maximum atomic E-state index is 12.1. The van der Waals surface area contributed by atoms with Crippen LogP contribution in [0.25, 0.3) is 0 Å². The molecule has 3 fully saturated rings. The van der Waals surface area contributed by atoms with Gasteiger partial charge >= 0.3 is 0 Å². The van der Waals surface area contributed by atoms with Gasteiger partial charge in [0.1, 0.15) is 11.7 Å². The Labute approximate surface area is 170 Å². The minimum absolute atomic E-state index is 0.00219. The lowest BCUT2D eigenvalue weighted by molar-refractivity contribution is -0.114. The number of hydrogen-bond donors (Lipinski definition) is 0. The molecule has 0 N–H and O–H groups in total. The summed E-state index contributed by atoms with van der Waals surface area (Å²) in [4.78, 5) is 13.3. The summed E-state index contributed by atoms with van der Waals surface area (Å²) in [5.41, 5.74) is 5.39. The van der Waals surface area contributed by atoms with Crippen LogP contribution in [0.15, 0.2) is 52.0 Å². The SMILES string of the molecule is CSc1ccc([C@H]2OC[C@]34O[C@H]3CCC4C3CCC4=CC(=O)CCC4=C32)cc1. The van der Waals surface area contributed by atoms with E-state index in [-0.39, 0.29) is 17.5 Å². The van der Waals surface area contributed by atoms with Crippen LogP contribution in [0, 0.1) is 11.8 Å². The fourth-order valence-corrected chi connectivity index (χ4v) is 6.75. The summed E-state index contributed by atoms with van der Waals surface area (Å²) in [5.74, 6) is 1.39. The number of carbonyl (C=O) groups excluding carboxylic acids is 1. The molecule has 0 radical (unpaired) electrons. The number of benzene rings is 1. The third kappa shape index (κ3) is 2.47. The van der Waals surface area contributed by atoms with Gasteiger partial charge in [0.25, 0.3) is 0 Å². The number of rotatable bonds is 2. The van der Waals surface area contributed by atoms with E-state index in [0.29, 0.717) is 31.0 Å². The van der Waals surface area contributed by atoms with Gasteiger partial charge in [0.2, 0.25) is 0 Å². The Balaban J connectivity index is 1.49. The molecule has 3 aliphatic carbocycles. The van der Waals surface area contributed by atoms with E-state index in [2.05, 4.69) is 30.5 Å². The topological polar surface area (TPSA) is 38.8 Å². The molecule has 0 aromatic heterocycles. The molecule has 4 heteroatoms. The van der Waals surface area contributed by atoms with Crippen molar-refractivity contribution >= 4 is 17.5 Å². The Bertz CT molecular complexity index is 899. The van der Waals surface area contributed by atoms with Gasteiger partial charge in [-0.05, 0) is 90.7 Å². The number of ketones is 1. The van der Waals surface area contributed by atoms with Gasteiger partial charge in [-0.1, -0.05) is 12.1 Å². The van der Waals surface area contributed by atoms with Crippen molar-refractivity contribution in [3.63, 3.8) is 0 Å². The second kappa shape index (κ2) is 6.32. The van der Waals surface area contributed by atoms with E-state index in [1.807, 2.05) is 6.08 Å². The molecular weight excluding hydrogens is 368 g/mol. The van der Waals surface area contributed by atoms with Crippen molar-refractivity contribution in [2.75, 3.05) is 12.9 Å². The maximum Gasteiger partial charge on any atom is 0.156 e. The van der Waals surface area contributed by atoms with Gasteiger partial charge in [0, 0.05) is 11.3 Å². The number of carbonyl (C=O) groups is 1. The minimum atomic E-state index is -0.0316. The Hall–Kier alpha value is -1.36. The van der Waals surface area contributed by atoms with Crippen molar-refractivity contribution in [2.24, 2.45) is 11.8 Å². The summed E-state index contributed by atoms with van der Waals surface area (Å²) in [7, 11) is 0. The van der Waals surface area contributed by atoms with Crippen molar-refractivity contribution in [1.82, 2.24) is 0 Å². The number of ether oxygens (including phenoxy) is 2. The highest BCUT2D eigenvalue weighted by atomic mass is 32.2. The zero-order valence-electron chi connectivity index (χ0n) is 16.3. The van der Waals surface area contributed by atoms with Crippen LogP contribution in [0.1, 0.15) is 50.2 Å². The van der Waals surface area contributed by atoms with Gasteiger partial charge in [0.05, 0.1) is 12.7 Å². The second-order valence-electron chi connectivity index (χ2n) is 8.92. The molecule has 2 unspecified atom stereocenters. The van der Waals surface area contributed by atoms with Crippen LogP contribution < -0.4 is 0 Å². The molecule has 0 amide bonds. The summed E-state index contributed by atoms with van der Waals surface area (Å²) in [6.45, 7) is 0.711. The largest absolute Gasteiger partial charge is 0.366 e. The molecule has 5 atom stereocenters. The maximum absolute atomic E-state index is 12.1. The van der Waals surface area contributed by atoms with E-state index in [1.165, 1.54) is 40.0 Å². The van der Waals surface area contributed by atoms with Crippen LogP contribution in [0.5, 0.6) is 0 Å². The molecule has 1 saturated carbocycles. The normalized spacial score (nSPS) is 38.8. The van der Waals surface area contributed by atoms with Crippen LogP contribution in [0.3, 0.4) is 0 Å². The van der Waals surface area contributed by atoms with E-state index < -0.39 is 0 Å². The first-order chi connectivity index (χ1) is 13.7. The van der Waals surface area contributed by atoms with Crippen LogP contribution in [-0.2, 0) is 14.3 Å². The Morgan fingerprint density at radius 2 is 1.93 bits per heavy atom. The van der Waals surface area contributed by atoms with Crippen molar-refractivity contribution in [2.45, 2.75) is 61.2 Å². The third-order valence-electron chi connectivity index (χ3n) is 7.70. The highest BCUT2D eigenvalue weighted by molar-refractivity contribution is 7.98. The lowest BCUT2D eigenvalue weighted by Crippen LogP contribution is -2.33. The summed E-state index contributed by atoms with van der Waals surface area (Å²) >= 11 is 1.77. The molecule has 1 aromatic rings. The zero-order chi connectivity index (χ0) is 18.9. The second-order valence-corrected chi connectivity index (χ2v) is 9.80. The quantitative estimate of drug-likeness (QED) is 0.521. The average molecular weight is 395 g/mol. The predicted molar refractivity (Wildman–Crippen MR) is 109 cm³/mol. The van der Waals surface area contributed by atoms with Gasteiger partial charge in [-0.2, -0.15) is 0 Å². The minimum Gasteiger partial charge on any atom is -0.366 e. The number of thioether (sulfide) groups is 1. The van der Waals surface area contributed by atoms with Crippen molar-refractivity contribution in [3.05, 3.63) is 52.6 Å². The van der Waals surface area contributed by atoms with Crippen LogP contribution in [-0.4, -0.2) is 30.4 Å². The van der Waals surface area contributed by atoms with Gasteiger partial charge in [-0.25, -0.2) is 0 Å². The molecule has 28 heavy (non-hydrogen) atoms. The molecule has 2 heterocycles. The van der Waals surface area contributed by atoms with E-state index in [9.17, 15) is 4.79 Å². The molecule has 3 nitrogen and oxygen atoms in total. The molecule has 5 aliphatic rings.